The van der Waals surface area contributed by atoms with Crippen LogP contribution in [0, 0.1) is 13.8 Å². The fourth-order valence-electron chi connectivity index (χ4n) is 4.78. The van der Waals surface area contributed by atoms with Crippen LogP contribution in [-0.4, -0.2) is 16.4 Å². The lowest BCUT2D eigenvalue weighted by Gasteiger charge is -2.23. The van der Waals surface area contributed by atoms with Crippen LogP contribution in [0.15, 0.2) is 86.1 Å². The number of amides is 2. The van der Waals surface area contributed by atoms with Crippen LogP contribution in [-0.2, 0) is 9.59 Å². The van der Waals surface area contributed by atoms with Gasteiger partial charge in [-0.3, -0.25) is 19.0 Å². The van der Waals surface area contributed by atoms with E-state index in [2.05, 4.69) is 15.6 Å². The zero-order chi connectivity index (χ0) is 25.8. The Morgan fingerprint density at radius 2 is 1.78 bits per heavy atom. The topological polar surface area (TPSA) is 106 Å². The van der Waals surface area contributed by atoms with Gasteiger partial charge in [0, 0.05) is 16.9 Å². The molecule has 4 heterocycles. The quantitative estimate of drug-likeness (QED) is 0.441. The molecule has 0 bridgehead atoms. The predicted molar refractivity (Wildman–Crippen MR) is 141 cm³/mol. The third-order valence-electron chi connectivity index (χ3n) is 6.56. The number of carbonyl (C=O) groups is 2. The van der Waals surface area contributed by atoms with E-state index in [1.165, 1.54) is 4.57 Å². The summed E-state index contributed by atoms with van der Waals surface area (Å²) in [7, 11) is 0. The van der Waals surface area contributed by atoms with Crippen molar-refractivity contribution in [3.05, 3.63) is 114 Å². The molecule has 0 spiro atoms. The third kappa shape index (κ3) is 3.66. The van der Waals surface area contributed by atoms with Gasteiger partial charge in [0.2, 0.25) is 0 Å². The molecule has 9 heteroatoms. The number of para-hydroxylation sites is 2. The highest BCUT2D eigenvalue weighted by Crippen LogP contribution is 2.33. The van der Waals surface area contributed by atoms with E-state index in [9.17, 15) is 14.4 Å². The Morgan fingerprint density at radius 1 is 1.03 bits per heavy atom. The molecule has 2 N–H and O–H groups in total. The molecule has 0 fully saturated rings. The lowest BCUT2D eigenvalue weighted by atomic mass is 10.00. The van der Waals surface area contributed by atoms with E-state index in [1.54, 1.807) is 38.1 Å². The molecule has 2 amide bonds. The van der Waals surface area contributed by atoms with Crippen LogP contribution in [0.4, 0.5) is 11.4 Å². The van der Waals surface area contributed by atoms with Crippen molar-refractivity contribution in [1.29, 1.82) is 0 Å². The largest absolute Gasteiger partial charge is 0.464 e. The fraction of sp³-hybridized carbons (Fsp3) is 0.143. The van der Waals surface area contributed by atoms with Gasteiger partial charge in [0.15, 0.2) is 4.80 Å². The maximum atomic E-state index is 14.0. The number of benzene rings is 2. The number of thiazole rings is 1. The summed E-state index contributed by atoms with van der Waals surface area (Å²) < 4.78 is 7.68. The third-order valence-corrected chi connectivity index (χ3v) is 7.62. The van der Waals surface area contributed by atoms with Crippen LogP contribution in [0.5, 0.6) is 0 Å². The molecule has 37 heavy (non-hydrogen) atoms. The molecule has 2 aromatic heterocycles. The van der Waals surface area contributed by atoms with E-state index in [0.29, 0.717) is 50.1 Å². The maximum absolute atomic E-state index is 14.0. The minimum absolute atomic E-state index is 0.267. The van der Waals surface area contributed by atoms with E-state index in [0.717, 1.165) is 16.9 Å². The summed E-state index contributed by atoms with van der Waals surface area (Å²) in [5.41, 5.74) is 3.57. The number of anilines is 2. The number of aryl methyl sites for hydroxylation is 2. The van der Waals surface area contributed by atoms with Crippen LogP contribution >= 0.6 is 11.3 Å². The van der Waals surface area contributed by atoms with Gasteiger partial charge in [-0.15, -0.1) is 0 Å². The molecule has 0 saturated carbocycles. The van der Waals surface area contributed by atoms with Gasteiger partial charge in [-0.05, 0) is 50.6 Å². The number of fused-ring (bicyclic) bond motifs is 2. The van der Waals surface area contributed by atoms with Gasteiger partial charge in [-0.1, -0.05) is 47.7 Å². The van der Waals surface area contributed by atoms with Crippen LogP contribution in [0.25, 0.3) is 5.57 Å². The molecule has 2 aromatic carbocycles. The second kappa shape index (κ2) is 8.56. The maximum Gasteiger partial charge on any atom is 0.272 e. The van der Waals surface area contributed by atoms with Gasteiger partial charge in [0.05, 0.1) is 16.8 Å². The van der Waals surface area contributed by atoms with Crippen molar-refractivity contribution >= 4 is 40.1 Å². The molecule has 0 radical (unpaired) electrons. The van der Waals surface area contributed by atoms with Crippen molar-refractivity contribution in [2.24, 2.45) is 4.99 Å². The van der Waals surface area contributed by atoms with Crippen molar-refractivity contribution in [2.75, 3.05) is 10.6 Å². The van der Waals surface area contributed by atoms with Gasteiger partial charge in [-0.2, -0.15) is 0 Å². The number of hydrogen-bond donors (Lipinski definition) is 2. The van der Waals surface area contributed by atoms with Crippen molar-refractivity contribution < 1.29 is 14.0 Å². The molecule has 0 unspecified atom stereocenters. The second-order valence-corrected chi connectivity index (χ2v) is 9.97. The van der Waals surface area contributed by atoms with Gasteiger partial charge >= 0.3 is 0 Å². The Kier molecular flexibility index (Phi) is 5.31. The molecule has 6 rings (SSSR count). The molecule has 2 aliphatic rings. The minimum Gasteiger partial charge on any atom is -0.464 e. The van der Waals surface area contributed by atoms with E-state index in [-0.39, 0.29) is 16.3 Å². The summed E-state index contributed by atoms with van der Waals surface area (Å²) in [6.45, 7) is 5.46. The number of allylic oxidation sites excluding steroid dienone is 1. The van der Waals surface area contributed by atoms with Gasteiger partial charge in [-0.25, -0.2) is 4.99 Å². The van der Waals surface area contributed by atoms with Crippen molar-refractivity contribution in [2.45, 2.75) is 26.8 Å². The predicted octanol–water partition coefficient (Wildman–Crippen LogP) is 3.41. The molecule has 184 valence electrons. The number of aromatic nitrogens is 1. The minimum atomic E-state index is -0.844. The SMILES string of the molecule is CC1=C(C(=O)Nc2ccccc2C)[C@@H](c2ccc(C)o2)n2c(s/c(=C3/C(=O)Nc4ccccc43)c2=O)=N1. The molecule has 4 aromatic rings. The highest BCUT2D eigenvalue weighted by Gasteiger charge is 2.36. The van der Waals surface area contributed by atoms with Gasteiger partial charge < -0.3 is 15.1 Å². The number of carbonyl (C=O) groups excluding carboxylic acids is 2. The van der Waals surface area contributed by atoms with E-state index in [1.807, 2.05) is 43.3 Å². The van der Waals surface area contributed by atoms with Crippen molar-refractivity contribution in [3.63, 3.8) is 0 Å². The summed E-state index contributed by atoms with van der Waals surface area (Å²) in [6, 6.07) is 17.4. The van der Waals surface area contributed by atoms with Gasteiger partial charge in [0.25, 0.3) is 17.4 Å². The van der Waals surface area contributed by atoms with Crippen molar-refractivity contribution in [1.82, 2.24) is 4.57 Å². The number of hydrogen-bond acceptors (Lipinski definition) is 6. The van der Waals surface area contributed by atoms with Crippen LogP contribution < -0.4 is 25.5 Å². The molecule has 8 nitrogen and oxygen atoms in total. The molecular weight excluding hydrogens is 488 g/mol. The Bertz CT molecular complexity index is 1840. The average molecular weight is 511 g/mol. The monoisotopic (exact) mass is 510 g/mol. The summed E-state index contributed by atoms with van der Waals surface area (Å²) in [5.74, 6) is 0.370. The summed E-state index contributed by atoms with van der Waals surface area (Å²) in [5, 5.41) is 5.80. The first-order chi connectivity index (χ1) is 17.8. The summed E-state index contributed by atoms with van der Waals surface area (Å²) >= 11 is 1.13. The van der Waals surface area contributed by atoms with E-state index < -0.39 is 11.6 Å². The van der Waals surface area contributed by atoms with Crippen LogP contribution in [0.1, 0.15) is 35.6 Å². The van der Waals surface area contributed by atoms with E-state index in [4.69, 9.17) is 4.42 Å². The first kappa shape index (κ1) is 22.9. The number of nitrogens with one attached hydrogen (secondary N) is 2. The zero-order valence-corrected chi connectivity index (χ0v) is 21.1. The van der Waals surface area contributed by atoms with Crippen LogP contribution in [0.3, 0.4) is 0 Å². The Balaban J connectivity index is 1.57. The first-order valence-electron chi connectivity index (χ1n) is 11.7. The molecule has 2 aliphatic heterocycles. The lowest BCUT2D eigenvalue weighted by molar-refractivity contribution is -0.113. The highest BCUT2D eigenvalue weighted by molar-refractivity contribution is 7.07. The van der Waals surface area contributed by atoms with Crippen LogP contribution in [0.2, 0.25) is 0 Å². The highest BCUT2D eigenvalue weighted by atomic mass is 32.1. The smallest absolute Gasteiger partial charge is 0.272 e. The number of rotatable bonds is 3. The van der Waals surface area contributed by atoms with Crippen molar-refractivity contribution in [3.8, 4) is 0 Å². The summed E-state index contributed by atoms with van der Waals surface area (Å²) in [6.07, 6.45) is 0. The normalized spacial score (nSPS) is 17.7. The molecule has 0 aliphatic carbocycles. The number of nitrogens with zero attached hydrogens (tertiary/aromatic N) is 2. The van der Waals surface area contributed by atoms with Gasteiger partial charge in [0.1, 0.15) is 22.1 Å². The molecule has 1 atom stereocenters. The Morgan fingerprint density at radius 3 is 2.54 bits per heavy atom. The zero-order valence-electron chi connectivity index (χ0n) is 20.3. The first-order valence-corrected chi connectivity index (χ1v) is 12.5. The average Bonchev–Trinajstić information content (AvgIpc) is 3.54. The van der Waals surface area contributed by atoms with E-state index >= 15 is 0 Å². The molecule has 0 saturated heterocycles. The fourth-order valence-corrected chi connectivity index (χ4v) is 5.92. The standard InChI is InChI=1S/C28H22N4O4S/c1-14-8-4-6-10-18(14)30-25(33)21-16(3)29-28-32(23(21)20-13-12-15(2)36-20)27(35)24(37-28)22-17-9-5-7-11-19(17)31-26(22)34/h4-13,23H,1-3H3,(H,30,33)(H,31,34)/b24-22+/t23-/m1/s1. The number of furan rings is 1. The molecular formula is C28H22N4O4S. The Labute approximate surface area is 215 Å². The second-order valence-electron chi connectivity index (χ2n) is 8.99. The lowest BCUT2D eigenvalue weighted by Crippen LogP contribution is -2.41. The Hall–Kier alpha value is -4.50. The summed E-state index contributed by atoms with van der Waals surface area (Å²) in [4.78, 5) is 45.6.